The third-order valence-corrected chi connectivity index (χ3v) is 3.42. The van der Waals surface area contributed by atoms with Crippen molar-refractivity contribution in [3.63, 3.8) is 0 Å². The van der Waals surface area contributed by atoms with E-state index in [2.05, 4.69) is 23.3 Å². The molecule has 0 saturated heterocycles. The van der Waals surface area contributed by atoms with E-state index in [9.17, 15) is 4.39 Å². The zero-order chi connectivity index (χ0) is 12.1. The van der Waals surface area contributed by atoms with Gasteiger partial charge in [0.25, 0.3) is 0 Å². The lowest BCUT2D eigenvalue weighted by atomic mass is 10.1. The Balaban J connectivity index is 2.27. The van der Waals surface area contributed by atoms with Crippen molar-refractivity contribution >= 4 is 11.3 Å². The first kappa shape index (κ1) is 12.2. The Hall–Kier alpha value is -1.26. The van der Waals surface area contributed by atoms with Crippen LogP contribution in [-0.2, 0) is 0 Å². The molecule has 0 fully saturated rings. The van der Waals surface area contributed by atoms with Crippen LogP contribution in [-0.4, -0.2) is 11.5 Å². The number of nitrogens with one attached hydrogen (secondary N) is 1. The highest BCUT2D eigenvalue weighted by Crippen LogP contribution is 2.25. The molecule has 4 heteroatoms. The van der Waals surface area contributed by atoms with Crippen LogP contribution in [0.1, 0.15) is 29.8 Å². The van der Waals surface area contributed by atoms with E-state index >= 15 is 0 Å². The fraction of sp³-hybridized carbons (Fsp3) is 0.308. The molecule has 0 amide bonds. The van der Waals surface area contributed by atoms with Crippen molar-refractivity contribution in [2.75, 3.05) is 6.54 Å². The molecule has 0 radical (unpaired) electrons. The second kappa shape index (κ2) is 5.89. The van der Waals surface area contributed by atoms with Crippen LogP contribution in [0.15, 0.2) is 36.0 Å². The van der Waals surface area contributed by atoms with E-state index in [0.29, 0.717) is 0 Å². The molecule has 0 aliphatic carbocycles. The van der Waals surface area contributed by atoms with Crippen LogP contribution >= 0.6 is 11.3 Å². The number of hydrogen-bond donors (Lipinski definition) is 1. The van der Waals surface area contributed by atoms with Crippen molar-refractivity contribution in [1.82, 2.24) is 10.3 Å². The molecule has 2 rings (SSSR count). The second-order valence-electron chi connectivity index (χ2n) is 3.84. The van der Waals surface area contributed by atoms with Crippen molar-refractivity contribution in [3.05, 3.63) is 52.2 Å². The molecule has 0 bridgehead atoms. The third kappa shape index (κ3) is 3.11. The van der Waals surface area contributed by atoms with Gasteiger partial charge < -0.3 is 5.32 Å². The molecule has 0 saturated carbocycles. The van der Waals surface area contributed by atoms with Crippen molar-refractivity contribution < 1.29 is 4.39 Å². The first-order valence-electron chi connectivity index (χ1n) is 5.68. The summed E-state index contributed by atoms with van der Waals surface area (Å²) in [5.74, 6) is -0.289. The van der Waals surface area contributed by atoms with Crippen molar-refractivity contribution in [2.45, 2.75) is 19.4 Å². The molecular formula is C13H15FN2S. The number of pyridine rings is 1. The summed E-state index contributed by atoms with van der Waals surface area (Å²) in [4.78, 5) is 5.10. The summed E-state index contributed by atoms with van der Waals surface area (Å²) < 4.78 is 13.2. The molecule has 0 spiro atoms. The van der Waals surface area contributed by atoms with Crippen molar-refractivity contribution in [3.8, 4) is 0 Å². The van der Waals surface area contributed by atoms with Gasteiger partial charge in [-0.2, -0.15) is 0 Å². The monoisotopic (exact) mass is 250 g/mol. The quantitative estimate of drug-likeness (QED) is 0.880. The third-order valence-electron chi connectivity index (χ3n) is 2.49. The average molecular weight is 250 g/mol. The van der Waals surface area contributed by atoms with Crippen LogP contribution in [0.5, 0.6) is 0 Å². The lowest BCUT2D eigenvalue weighted by Crippen LogP contribution is -2.22. The minimum Gasteiger partial charge on any atom is -0.306 e. The Morgan fingerprint density at radius 3 is 3.00 bits per heavy atom. The van der Waals surface area contributed by atoms with Gasteiger partial charge in [-0.25, -0.2) is 4.39 Å². The van der Waals surface area contributed by atoms with E-state index < -0.39 is 0 Å². The van der Waals surface area contributed by atoms with Gasteiger partial charge in [0, 0.05) is 11.1 Å². The number of hydrogen-bond acceptors (Lipinski definition) is 3. The van der Waals surface area contributed by atoms with Gasteiger partial charge in [0.2, 0.25) is 0 Å². The molecule has 0 aliphatic rings. The fourth-order valence-electron chi connectivity index (χ4n) is 1.71. The molecule has 2 aromatic rings. The molecule has 1 N–H and O–H groups in total. The summed E-state index contributed by atoms with van der Waals surface area (Å²) >= 11 is 1.67. The molecule has 1 atom stereocenters. The van der Waals surface area contributed by atoms with E-state index in [1.54, 1.807) is 23.6 Å². The summed E-state index contributed by atoms with van der Waals surface area (Å²) in [5, 5.41) is 5.45. The maximum atomic E-state index is 13.2. The molecule has 1 unspecified atom stereocenters. The van der Waals surface area contributed by atoms with Gasteiger partial charge in [-0.1, -0.05) is 13.0 Å². The van der Waals surface area contributed by atoms with Crippen LogP contribution in [0.2, 0.25) is 0 Å². The second-order valence-corrected chi connectivity index (χ2v) is 4.82. The molecule has 0 aliphatic heterocycles. The van der Waals surface area contributed by atoms with Crippen molar-refractivity contribution in [2.24, 2.45) is 0 Å². The van der Waals surface area contributed by atoms with Gasteiger partial charge in [-0.05, 0) is 36.0 Å². The minimum atomic E-state index is -0.289. The zero-order valence-corrected chi connectivity index (χ0v) is 10.5. The Morgan fingerprint density at radius 1 is 1.47 bits per heavy atom. The van der Waals surface area contributed by atoms with Crippen LogP contribution < -0.4 is 5.32 Å². The molecular weight excluding hydrogens is 235 g/mol. The molecule has 17 heavy (non-hydrogen) atoms. The maximum absolute atomic E-state index is 13.2. The minimum absolute atomic E-state index is 0.0400. The highest BCUT2D eigenvalue weighted by atomic mass is 32.1. The average Bonchev–Trinajstić information content (AvgIpc) is 2.83. The van der Waals surface area contributed by atoms with Gasteiger partial charge in [0.15, 0.2) is 0 Å². The molecule has 2 aromatic heterocycles. The summed E-state index contributed by atoms with van der Waals surface area (Å²) in [5.41, 5.74) is 0.876. The normalized spacial score (nSPS) is 12.6. The number of rotatable bonds is 5. The van der Waals surface area contributed by atoms with Crippen molar-refractivity contribution in [1.29, 1.82) is 0 Å². The van der Waals surface area contributed by atoms with E-state index in [4.69, 9.17) is 0 Å². The lowest BCUT2D eigenvalue weighted by Gasteiger charge is -2.17. The molecule has 0 aromatic carbocycles. The Kier molecular flexibility index (Phi) is 4.23. The van der Waals surface area contributed by atoms with Gasteiger partial charge in [-0.15, -0.1) is 11.3 Å². The van der Waals surface area contributed by atoms with E-state index in [-0.39, 0.29) is 11.9 Å². The largest absolute Gasteiger partial charge is 0.306 e. The van der Waals surface area contributed by atoms with Gasteiger partial charge >= 0.3 is 0 Å². The summed E-state index contributed by atoms with van der Waals surface area (Å²) in [6, 6.07) is 5.65. The molecule has 90 valence electrons. The predicted octanol–water partition coefficient (Wildman–Crippen LogP) is 3.37. The molecule has 2 nitrogen and oxygen atoms in total. The lowest BCUT2D eigenvalue weighted by molar-refractivity contribution is 0.585. The van der Waals surface area contributed by atoms with Gasteiger partial charge in [0.1, 0.15) is 5.82 Å². The summed E-state index contributed by atoms with van der Waals surface area (Å²) in [6.07, 6.45) is 4.00. The number of halogens is 1. The highest BCUT2D eigenvalue weighted by Gasteiger charge is 2.14. The van der Waals surface area contributed by atoms with Crippen LogP contribution in [0, 0.1) is 5.82 Å². The van der Waals surface area contributed by atoms with E-state index in [1.807, 2.05) is 11.4 Å². The van der Waals surface area contributed by atoms with Crippen LogP contribution in [0.4, 0.5) is 4.39 Å². The summed E-state index contributed by atoms with van der Waals surface area (Å²) in [7, 11) is 0. The smallest absolute Gasteiger partial charge is 0.141 e. The highest BCUT2D eigenvalue weighted by molar-refractivity contribution is 7.10. The molecule has 2 heterocycles. The Labute approximate surface area is 105 Å². The SMILES string of the molecule is CCCNC(c1cncc(F)c1)c1cccs1. The number of aromatic nitrogens is 1. The predicted molar refractivity (Wildman–Crippen MR) is 68.7 cm³/mol. The van der Waals surface area contributed by atoms with E-state index in [0.717, 1.165) is 18.5 Å². The maximum Gasteiger partial charge on any atom is 0.141 e. The van der Waals surface area contributed by atoms with Crippen LogP contribution in [0.3, 0.4) is 0 Å². The van der Waals surface area contributed by atoms with Gasteiger partial charge in [-0.3, -0.25) is 4.98 Å². The van der Waals surface area contributed by atoms with Crippen LogP contribution in [0.25, 0.3) is 0 Å². The zero-order valence-electron chi connectivity index (χ0n) is 9.69. The first-order chi connectivity index (χ1) is 8.31. The number of nitrogens with zero attached hydrogens (tertiary/aromatic N) is 1. The fourth-order valence-corrected chi connectivity index (χ4v) is 2.54. The topological polar surface area (TPSA) is 24.9 Å². The number of thiophene rings is 1. The van der Waals surface area contributed by atoms with E-state index in [1.165, 1.54) is 11.1 Å². The Morgan fingerprint density at radius 2 is 2.35 bits per heavy atom. The Bertz CT molecular complexity index is 456. The summed E-state index contributed by atoms with van der Waals surface area (Å²) in [6.45, 7) is 3.02. The first-order valence-corrected chi connectivity index (χ1v) is 6.56. The standard InChI is InChI=1S/C13H15FN2S/c1-2-5-16-13(12-4-3-6-17-12)10-7-11(14)9-15-8-10/h3-4,6-9,13,16H,2,5H2,1H3. The van der Waals surface area contributed by atoms with Gasteiger partial charge in [0.05, 0.1) is 12.2 Å².